The molecule has 4 heteroatoms. The lowest BCUT2D eigenvalue weighted by atomic mass is 9.85. The molecule has 1 amide bonds. The van der Waals surface area contributed by atoms with Crippen molar-refractivity contribution in [3.63, 3.8) is 0 Å². The fourth-order valence-corrected chi connectivity index (χ4v) is 3.36. The van der Waals surface area contributed by atoms with Crippen LogP contribution in [0, 0.1) is 0 Å². The fraction of sp³-hybridized carbons (Fsp3) is 0.583. The Hall–Kier alpha value is -1.45. The Labute approximate surface area is 94.7 Å². The molecule has 0 N–H and O–H groups in total. The summed E-state index contributed by atoms with van der Waals surface area (Å²) in [6.07, 6.45) is 6.97. The van der Waals surface area contributed by atoms with E-state index in [1.165, 1.54) is 12.0 Å². The van der Waals surface area contributed by atoms with Crippen molar-refractivity contribution in [3.8, 4) is 0 Å². The summed E-state index contributed by atoms with van der Waals surface area (Å²) in [7, 11) is 0. The first-order valence-electron chi connectivity index (χ1n) is 5.83. The van der Waals surface area contributed by atoms with Gasteiger partial charge in [0, 0.05) is 31.1 Å². The van der Waals surface area contributed by atoms with E-state index in [1.807, 2.05) is 12.3 Å². The van der Waals surface area contributed by atoms with Gasteiger partial charge in [0.15, 0.2) is 0 Å². The van der Waals surface area contributed by atoms with Crippen molar-refractivity contribution in [1.29, 1.82) is 0 Å². The van der Waals surface area contributed by atoms with Crippen molar-refractivity contribution >= 4 is 5.91 Å². The highest BCUT2D eigenvalue weighted by Gasteiger charge is 2.47. The van der Waals surface area contributed by atoms with Crippen molar-refractivity contribution in [2.45, 2.75) is 44.2 Å². The number of nitrogens with zero attached hydrogens (tertiary/aromatic N) is 3. The summed E-state index contributed by atoms with van der Waals surface area (Å²) in [4.78, 5) is 13.7. The molecule has 2 fully saturated rings. The molecule has 3 heterocycles. The molecule has 4 nitrogen and oxygen atoms in total. The third-order valence-electron chi connectivity index (χ3n) is 3.94. The van der Waals surface area contributed by atoms with Crippen LogP contribution in [0.4, 0.5) is 0 Å². The average molecular weight is 217 g/mol. The molecule has 0 spiro atoms. The monoisotopic (exact) mass is 217 g/mol. The first-order chi connectivity index (χ1) is 7.77. The Kier molecular flexibility index (Phi) is 2.16. The van der Waals surface area contributed by atoms with Gasteiger partial charge in [0.1, 0.15) is 0 Å². The zero-order chi connectivity index (χ0) is 11.1. The maximum absolute atomic E-state index is 11.6. The lowest BCUT2D eigenvalue weighted by molar-refractivity contribution is -0.130. The van der Waals surface area contributed by atoms with Crippen molar-refractivity contribution in [2.24, 2.45) is 0 Å². The summed E-state index contributed by atoms with van der Waals surface area (Å²) < 4.78 is 0. The number of amides is 1. The number of hydrogen-bond acceptors (Lipinski definition) is 3. The number of carbonyl (C=O) groups is 1. The molecule has 84 valence electrons. The summed E-state index contributed by atoms with van der Waals surface area (Å²) in [5.41, 5.74) is 1.23. The van der Waals surface area contributed by atoms with Crippen LogP contribution in [0.5, 0.6) is 0 Å². The van der Waals surface area contributed by atoms with Gasteiger partial charge in [-0.2, -0.15) is 10.2 Å². The largest absolute Gasteiger partial charge is 0.336 e. The van der Waals surface area contributed by atoms with Crippen LogP contribution in [0.3, 0.4) is 0 Å². The summed E-state index contributed by atoms with van der Waals surface area (Å²) in [6, 6.07) is 2.88. The zero-order valence-corrected chi connectivity index (χ0v) is 9.34. The second kappa shape index (κ2) is 3.54. The van der Waals surface area contributed by atoms with Crippen LogP contribution in [-0.2, 0) is 4.79 Å². The number of aromatic nitrogens is 2. The lowest BCUT2D eigenvalue weighted by Gasteiger charge is -2.23. The first-order valence-corrected chi connectivity index (χ1v) is 5.83. The SMILES string of the molecule is CC(=O)N1[C@H]2CC[C@@H]1[C@@H](c1ccnnc1)C2. The van der Waals surface area contributed by atoms with Crippen LogP contribution in [0.1, 0.15) is 37.7 Å². The lowest BCUT2D eigenvalue weighted by Crippen LogP contribution is -2.34. The molecule has 0 radical (unpaired) electrons. The van der Waals surface area contributed by atoms with Crippen LogP contribution in [0.25, 0.3) is 0 Å². The third-order valence-corrected chi connectivity index (χ3v) is 3.94. The predicted molar refractivity (Wildman–Crippen MR) is 58.7 cm³/mol. The Morgan fingerprint density at radius 3 is 2.94 bits per heavy atom. The standard InChI is InChI=1S/C12H15N3O/c1-8(16)15-10-2-3-12(15)11(6-10)9-4-5-13-14-7-9/h4-5,7,10-12H,2-3,6H2,1H3/t10-,11+,12+/m0/s1. The quantitative estimate of drug-likeness (QED) is 0.713. The van der Waals surface area contributed by atoms with Gasteiger partial charge in [-0.3, -0.25) is 4.79 Å². The number of carbonyl (C=O) groups excluding carboxylic acids is 1. The van der Waals surface area contributed by atoms with Crippen LogP contribution in [-0.4, -0.2) is 33.1 Å². The topological polar surface area (TPSA) is 46.1 Å². The highest BCUT2D eigenvalue weighted by Crippen LogP contribution is 2.46. The first kappa shape index (κ1) is 9.75. The third kappa shape index (κ3) is 1.32. The van der Waals surface area contributed by atoms with Crippen molar-refractivity contribution in [3.05, 3.63) is 24.0 Å². The van der Waals surface area contributed by atoms with E-state index < -0.39 is 0 Å². The minimum absolute atomic E-state index is 0.219. The van der Waals surface area contributed by atoms with E-state index in [4.69, 9.17) is 0 Å². The normalized spacial score (nSPS) is 32.1. The highest BCUT2D eigenvalue weighted by atomic mass is 16.2. The van der Waals surface area contributed by atoms with Gasteiger partial charge < -0.3 is 4.90 Å². The molecule has 2 bridgehead atoms. The minimum atomic E-state index is 0.219. The molecule has 2 aliphatic heterocycles. The van der Waals surface area contributed by atoms with Gasteiger partial charge >= 0.3 is 0 Å². The Balaban J connectivity index is 1.89. The number of fused-ring (bicyclic) bond motifs is 2. The molecule has 3 atom stereocenters. The van der Waals surface area contributed by atoms with E-state index in [-0.39, 0.29) is 5.91 Å². The van der Waals surface area contributed by atoms with Crippen molar-refractivity contribution in [2.75, 3.05) is 0 Å². The highest BCUT2D eigenvalue weighted by molar-refractivity contribution is 5.75. The van der Waals surface area contributed by atoms with E-state index in [0.717, 1.165) is 12.8 Å². The van der Waals surface area contributed by atoms with E-state index in [1.54, 1.807) is 13.1 Å². The second-order valence-corrected chi connectivity index (χ2v) is 4.74. The number of hydrogen-bond donors (Lipinski definition) is 0. The molecule has 3 rings (SSSR count). The zero-order valence-electron chi connectivity index (χ0n) is 9.34. The van der Waals surface area contributed by atoms with Crippen molar-refractivity contribution in [1.82, 2.24) is 15.1 Å². The molecule has 2 saturated heterocycles. The summed E-state index contributed by atoms with van der Waals surface area (Å²) in [5, 5.41) is 7.73. The summed E-state index contributed by atoms with van der Waals surface area (Å²) in [5.74, 6) is 0.690. The van der Waals surface area contributed by atoms with Gasteiger partial charge in [-0.05, 0) is 30.9 Å². The Bertz CT molecular complexity index is 406. The van der Waals surface area contributed by atoms with E-state index in [0.29, 0.717) is 18.0 Å². The van der Waals surface area contributed by atoms with Gasteiger partial charge in [-0.1, -0.05) is 0 Å². The molecule has 1 aromatic rings. The van der Waals surface area contributed by atoms with Crippen molar-refractivity contribution < 1.29 is 4.79 Å². The summed E-state index contributed by atoms with van der Waals surface area (Å²) >= 11 is 0. The average Bonchev–Trinajstić information content (AvgIpc) is 2.87. The summed E-state index contributed by atoms with van der Waals surface area (Å²) in [6.45, 7) is 1.68. The van der Waals surface area contributed by atoms with Crippen LogP contribution >= 0.6 is 0 Å². The fourth-order valence-electron chi connectivity index (χ4n) is 3.36. The van der Waals surface area contributed by atoms with E-state index in [9.17, 15) is 4.79 Å². The Morgan fingerprint density at radius 2 is 2.31 bits per heavy atom. The molecular weight excluding hydrogens is 202 g/mol. The van der Waals surface area contributed by atoms with Gasteiger partial charge in [0.25, 0.3) is 0 Å². The molecule has 0 aromatic carbocycles. The predicted octanol–water partition coefficient (Wildman–Crippen LogP) is 1.34. The van der Waals surface area contributed by atoms with E-state index in [2.05, 4.69) is 15.1 Å². The maximum atomic E-state index is 11.6. The molecule has 2 aliphatic rings. The van der Waals surface area contributed by atoms with Gasteiger partial charge in [0.2, 0.25) is 5.91 Å². The van der Waals surface area contributed by atoms with Crippen LogP contribution in [0.15, 0.2) is 18.5 Å². The second-order valence-electron chi connectivity index (χ2n) is 4.74. The smallest absolute Gasteiger partial charge is 0.219 e. The molecule has 0 unspecified atom stereocenters. The molecule has 1 aromatic heterocycles. The molecule has 16 heavy (non-hydrogen) atoms. The van der Waals surface area contributed by atoms with E-state index >= 15 is 0 Å². The van der Waals surface area contributed by atoms with Gasteiger partial charge in [-0.25, -0.2) is 0 Å². The van der Waals surface area contributed by atoms with Gasteiger partial charge in [-0.15, -0.1) is 0 Å². The van der Waals surface area contributed by atoms with Crippen LogP contribution < -0.4 is 0 Å². The number of rotatable bonds is 1. The minimum Gasteiger partial charge on any atom is -0.336 e. The molecule has 0 aliphatic carbocycles. The van der Waals surface area contributed by atoms with Crippen LogP contribution in [0.2, 0.25) is 0 Å². The Morgan fingerprint density at radius 1 is 1.44 bits per heavy atom. The molecule has 0 saturated carbocycles. The maximum Gasteiger partial charge on any atom is 0.219 e. The van der Waals surface area contributed by atoms with Gasteiger partial charge in [0.05, 0.1) is 6.20 Å². The molecular formula is C12H15N3O.